The molecule has 0 aliphatic carbocycles. The van der Waals surface area contributed by atoms with Gasteiger partial charge in [0.15, 0.2) is 0 Å². The Balaban J connectivity index is 2.88. The van der Waals surface area contributed by atoms with E-state index in [1.165, 1.54) is 45.3 Å². The van der Waals surface area contributed by atoms with Crippen LogP contribution in [0.1, 0.15) is 24.2 Å². The Morgan fingerprint density at radius 3 is 2.05 bits per heavy atom. The summed E-state index contributed by atoms with van der Waals surface area (Å²) in [6.45, 7) is 3.10. The number of carboxylic acid groups (broad SMARTS) is 1. The lowest BCUT2D eigenvalue weighted by atomic mass is 10.0. The van der Waals surface area contributed by atoms with Crippen LogP contribution in [0.3, 0.4) is 0 Å². The fourth-order valence-corrected chi connectivity index (χ4v) is 2.52. The number of nitrogens with one attached hydrogen (secondary N) is 1. The van der Waals surface area contributed by atoms with E-state index in [9.17, 15) is 18.0 Å². The fourth-order valence-electron chi connectivity index (χ4n) is 1.62. The lowest BCUT2D eigenvalue weighted by Gasteiger charge is -2.18. The van der Waals surface area contributed by atoms with Crippen molar-refractivity contribution in [1.29, 1.82) is 0 Å². The van der Waals surface area contributed by atoms with E-state index in [-0.39, 0.29) is 10.5 Å². The number of hydrogen-bond donors (Lipinski definition) is 2. The SMILES string of the molecule is CC(NC(=O)c1ccc(S(=O)(=O)N(C)C)cc1)C(C)C(=O)O. The Morgan fingerprint density at radius 1 is 1.14 bits per heavy atom. The molecule has 0 saturated heterocycles. The van der Waals surface area contributed by atoms with Crippen molar-refractivity contribution in [2.24, 2.45) is 5.92 Å². The maximum absolute atomic E-state index is 12.0. The fraction of sp³-hybridized carbons (Fsp3) is 0.429. The second kappa shape index (κ2) is 6.89. The van der Waals surface area contributed by atoms with Crippen LogP contribution in [0.5, 0.6) is 0 Å². The highest BCUT2D eigenvalue weighted by molar-refractivity contribution is 7.89. The normalized spacial score (nSPS) is 14.4. The molecule has 22 heavy (non-hydrogen) atoms. The summed E-state index contributed by atoms with van der Waals surface area (Å²) in [7, 11) is -0.700. The molecule has 1 aromatic carbocycles. The van der Waals surface area contributed by atoms with Crippen molar-refractivity contribution in [2.75, 3.05) is 14.1 Å². The Hall–Kier alpha value is -1.93. The highest BCUT2D eigenvalue weighted by atomic mass is 32.2. The molecule has 2 atom stereocenters. The zero-order chi connectivity index (χ0) is 17.1. The first-order valence-corrected chi connectivity index (χ1v) is 8.07. The van der Waals surface area contributed by atoms with E-state index in [2.05, 4.69) is 5.32 Å². The highest BCUT2D eigenvalue weighted by Crippen LogP contribution is 2.14. The number of rotatable bonds is 6. The molecule has 1 aromatic rings. The number of amides is 1. The third-order valence-corrected chi connectivity index (χ3v) is 5.22. The van der Waals surface area contributed by atoms with Gasteiger partial charge < -0.3 is 10.4 Å². The third kappa shape index (κ3) is 4.05. The van der Waals surface area contributed by atoms with E-state index in [1.807, 2.05) is 0 Å². The minimum absolute atomic E-state index is 0.0843. The van der Waals surface area contributed by atoms with E-state index in [0.29, 0.717) is 0 Å². The standard InChI is InChI=1S/C14H20N2O5S/c1-9(14(18)19)10(2)15-13(17)11-5-7-12(8-6-11)22(20,21)16(3)4/h5-10H,1-4H3,(H,15,17)(H,18,19). The number of aliphatic carboxylic acids is 1. The molecule has 0 aliphatic heterocycles. The smallest absolute Gasteiger partial charge is 0.308 e. The van der Waals surface area contributed by atoms with Gasteiger partial charge in [0.2, 0.25) is 10.0 Å². The molecule has 1 amide bonds. The van der Waals surface area contributed by atoms with Crippen LogP contribution in [0.2, 0.25) is 0 Å². The van der Waals surface area contributed by atoms with Crippen molar-refractivity contribution in [3.05, 3.63) is 29.8 Å². The Labute approximate surface area is 130 Å². The van der Waals surface area contributed by atoms with Gasteiger partial charge in [0.25, 0.3) is 5.91 Å². The van der Waals surface area contributed by atoms with Gasteiger partial charge in [-0.3, -0.25) is 9.59 Å². The Kier molecular flexibility index (Phi) is 5.67. The average Bonchev–Trinajstić information content (AvgIpc) is 2.46. The summed E-state index contributed by atoms with van der Waals surface area (Å²) in [6.07, 6.45) is 0. The largest absolute Gasteiger partial charge is 0.481 e. The summed E-state index contributed by atoms with van der Waals surface area (Å²) in [5.74, 6) is -2.17. The number of carbonyl (C=O) groups is 2. The molecule has 2 unspecified atom stereocenters. The number of carboxylic acids is 1. The van der Waals surface area contributed by atoms with Gasteiger partial charge in [0.1, 0.15) is 0 Å². The van der Waals surface area contributed by atoms with Gasteiger partial charge in [-0.15, -0.1) is 0 Å². The molecule has 0 aromatic heterocycles. The summed E-state index contributed by atoms with van der Waals surface area (Å²) < 4.78 is 24.9. The molecule has 0 bridgehead atoms. The predicted molar refractivity (Wildman–Crippen MR) is 81.0 cm³/mol. The lowest BCUT2D eigenvalue weighted by molar-refractivity contribution is -0.141. The van der Waals surface area contributed by atoms with Crippen molar-refractivity contribution in [3.63, 3.8) is 0 Å². The molecule has 8 heteroatoms. The van der Waals surface area contributed by atoms with Crippen LogP contribution in [0.25, 0.3) is 0 Å². The van der Waals surface area contributed by atoms with E-state index in [4.69, 9.17) is 5.11 Å². The molecule has 0 saturated carbocycles. The first-order valence-electron chi connectivity index (χ1n) is 6.63. The van der Waals surface area contributed by atoms with Gasteiger partial charge in [-0.05, 0) is 38.1 Å². The quantitative estimate of drug-likeness (QED) is 0.803. The molecule has 0 heterocycles. The molecule has 0 radical (unpaired) electrons. The van der Waals surface area contributed by atoms with Crippen molar-refractivity contribution in [2.45, 2.75) is 24.8 Å². The van der Waals surface area contributed by atoms with Crippen LogP contribution in [-0.4, -0.2) is 49.8 Å². The van der Waals surface area contributed by atoms with Gasteiger partial charge in [-0.2, -0.15) is 0 Å². The summed E-state index contributed by atoms with van der Waals surface area (Å²) in [5.41, 5.74) is 0.266. The maximum Gasteiger partial charge on any atom is 0.308 e. The molecule has 7 nitrogen and oxygen atoms in total. The molecule has 2 N–H and O–H groups in total. The van der Waals surface area contributed by atoms with E-state index in [1.54, 1.807) is 6.92 Å². The predicted octanol–water partition coefficient (Wildman–Crippen LogP) is 0.776. The van der Waals surface area contributed by atoms with Crippen LogP contribution in [0.15, 0.2) is 29.2 Å². The number of sulfonamides is 1. The Morgan fingerprint density at radius 2 is 1.64 bits per heavy atom. The first-order chi connectivity index (χ1) is 10.1. The second-order valence-electron chi connectivity index (χ2n) is 5.20. The topological polar surface area (TPSA) is 104 Å². The maximum atomic E-state index is 12.0. The van der Waals surface area contributed by atoms with Crippen LogP contribution >= 0.6 is 0 Å². The number of nitrogens with zero attached hydrogens (tertiary/aromatic N) is 1. The zero-order valence-corrected chi connectivity index (χ0v) is 13.7. The van der Waals surface area contributed by atoms with Crippen molar-refractivity contribution < 1.29 is 23.1 Å². The number of hydrogen-bond acceptors (Lipinski definition) is 4. The first kappa shape index (κ1) is 18.1. The third-order valence-electron chi connectivity index (χ3n) is 3.39. The van der Waals surface area contributed by atoms with Gasteiger partial charge in [0.05, 0.1) is 10.8 Å². The summed E-state index contributed by atoms with van der Waals surface area (Å²) >= 11 is 0. The monoisotopic (exact) mass is 328 g/mol. The number of carbonyl (C=O) groups excluding carboxylic acids is 1. The lowest BCUT2D eigenvalue weighted by Crippen LogP contribution is -2.40. The zero-order valence-electron chi connectivity index (χ0n) is 12.9. The molecule has 1 rings (SSSR count). The van der Waals surface area contributed by atoms with Crippen molar-refractivity contribution in [1.82, 2.24) is 9.62 Å². The number of benzene rings is 1. The Bertz CT molecular complexity index is 652. The summed E-state index contributed by atoms with van der Waals surface area (Å²) in [6, 6.07) is 4.92. The van der Waals surface area contributed by atoms with Gasteiger partial charge >= 0.3 is 5.97 Å². The molecule has 122 valence electrons. The van der Waals surface area contributed by atoms with Crippen LogP contribution in [-0.2, 0) is 14.8 Å². The van der Waals surface area contributed by atoms with E-state index >= 15 is 0 Å². The molecular weight excluding hydrogens is 308 g/mol. The van der Waals surface area contributed by atoms with Crippen LogP contribution in [0.4, 0.5) is 0 Å². The van der Waals surface area contributed by atoms with Gasteiger partial charge in [-0.1, -0.05) is 0 Å². The molecular formula is C14H20N2O5S. The minimum atomic E-state index is -3.54. The second-order valence-corrected chi connectivity index (χ2v) is 7.35. The molecule has 0 spiro atoms. The summed E-state index contributed by atoms with van der Waals surface area (Å²) in [5, 5.41) is 11.5. The highest BCUT2D eigenvalue weighted by Gasteiger charge is 2.22. The average molecular weight is 328 g/mol. The minimum Gasteiger partial charge on any atom is -0.481 e. The van der Waals surface area contributed by atoms with E-state index in [0.717, 1.165) is 4.31 Å². The van der Waals surface area contributed by atoms with Crippen molar-refractivity contribution >= 4 is 21.9 Å². The molecule has 0 aliphatic rings. The van der Waals surface area contributed by atoms with Gasteiger partial charge in [-0.25, -0.2) is 12.7 Å². The van der Waals surface area contributed by atoms with Crippen molar-refractivity contribution in [3.8, 4) is 0 Å². The summed E-state index contributed by atoms with van der Waals surface area (Å²) in [4.78, 5) is 23.0. The van der Waals surface area contributed by atoms with E-state index < -0.39 is 33.9 Å². The van der Waals surface area contributed by atoms with Crippen LogP contribution < -0.4 is 5.32 Å². The van der Waals surface area contributed by atoms with Crippen LogP contribution in [0, 0.1) is 5.92 Å². The molecule has 0 fully saturated rings. The van der Waals surface area contributed by atoms with Gasteiger partial charge in [0, 0.05) is 25.7 Å².